The number of hydrogen-bond donors (Lipinski definition) is 1. The number of carbonyl (C=O) groups excluding carboxylic acids is 1. The Morgan fingerprint density at radius 3 is 2.34 bits per heavy atom. The van der Waals surface area contributed by atoms with E-state index in [-0.39, 0.29) is 17.9 Å². The monoisotopic (exact) mass is 395 g/mol. The molecular formula is C24H29NO4. The summed E-state index contributed by atoms with van der Waals surface area (Å²) in [5.41, 5.74) is -0.106. The molecule has 2 aromatic carbocycles. The van der Waals surface area contributed by atoms with E-state index in [9.17, 15) is 14.7 Å². The van der Waals surface area contributed by atoms with Gasteiger partial charge in [0.25, 0.3) is 5.91 Å². The van der Waals surface area contributed by atoms with Gasteiger partial charge in [0.2, 0.25) is 0 Å². The summed E-state index contributed by atoms with van der Waals surface area (Å²) in [4.78, 5) is 27.0. The molecule has 5 heteroatoms. The highest BCUT2D eigenvalue weighted by Gasteiger charge is 2.54. The number of carbonyl (C=O) groups is 2. The topological polar surface area (TPSA) is 66.8 Å². The number of nitrogens with zero attached hydrogens (tertiary/aromatic N) is 1. The molecule has 1 aliphatic carbocycles. The van der Waals surface area contributed by atoms with Crippen molar-refractivity contribution in [1.29, 1.82) is 0 Å². The largest absolute Gasteiger partial charge is 0.480 e. The lowest BCUT2D eigenvalue weighted by Gasteiger charge is -2.46. The molecule has 0 unspecified atom stereocenters. The van der Waals surface area contributed by atoms with Crippen molar-refractivity contribution in [3.8, 4) is 0 Å². The highest BCUT2D eigenvalue weighted by molar-refractivity contribution is 6.00. The van der Waals surface area contributed by atoms with E-state index >= 15 is 0 Å². The summed E-state index contributed by atoms with van der Waals surface area (Å²) < 4.78 is 6.08. The summed E-state index contributed by atoms with van der Waals surface area (Å²) in [5.74, 6) is -0.720. The smallest absolute Gasteiger partial charge is 0.328 e. The Labute approximate surface area is 171 Å². The van der Waals surface area contributed by atoms with Crippen LogP contribution in [0, 0.1) is 11.3 Å². The van der Waals surface area contributed by atoms with Crippen LogP contribution < -0.4 is 0 Å². The Morgan fingerprint density at radius 2 is 1.72 bits per heavy atom. The van der Waals surface area contributed by atoms with Crippen molar-refractivity contribution in [2.45, 2.75) is 58.2 Å². The normalized spacial score (nSPS) is 27.5. The minimum Gasteiger partial charge on any atom is -0.480 e. The maximum absolute atomic E-state index is 13.5. The number of fused-ring (bicyclic) bond motifs is 1. The molecule has 1 N–H and O–H groups in total. The number of rotatable bonds is 2. The third kappa shape index (κ3) is 3.52. The number of ether oxygens (including phenoxy) is 1. The van der Waals surface area contributed by atoms with Crippen LogP contribution in [0.4, 0.5) is 0 Å². The summed E-state index contributed by atoms with van der Waals surface area (Å²) in [5, 5.41) is 11.8. The zero-order valence-electron chi connectivity index (χ0n) is 17.4. The molecule has 1 amide bonds. The number of hydrogen-bond acceptors (Lipinski definition) is 3. The van der Waals surface area contributed by atoms with Crippen molar-refractivity contribution in [2.24, 2.45) is 11.3 Å². The van der Waals surface area contributed by atoms with Crippen LogP contribution in [0.2, 0.25) is 0 Å². The molecule has 1 saturated heterocycles. The van der Waals surface area contributed by atoms with Gasteiger partial charge in [-0.25, -0.2) is 4.79 Å². The van der Waals surface area contributed by atoms with E-state index in [1.54, 1.807) is 6.07 Å². The lowest BCUT2D eigenvalue weighted by molar-refractivity contribution is -0.144. The van der Waals surface area contributed by atoms with E-state index < -0.39 is 17.7 Å². The highest BCUT2D eigenvalue weighted by atomic mass is 16.5. The minimum atomic E-state index is -1.01. The van der Waals surface area contributed by atoms with Crippen molar-refractivity contribution in [3.05, 3.63) is 48.0 Å². The van der Waals surface area contributed by atoms with Crippen LogP contribution in [0.1, 0.15) is 56.8 Å². The van der Waals surface area contributed by atoms with Gasteiger partial charge in [-0.3, -0.25) is 9.69 Å². The summed E-state index contributed by atoms with van der Waals surface area (Å²) >= 11 is 0. The van der Waals surface area contributed by atoms with Crippen molar-refractivity contribution < 1.29 is 19.4 Å². The molecule has 1 heterocycles. The average molecular weight is 395 g/mol. The van der Waals surface area contributed by atoms with Gasteiger partial charge in [0, 0.05) is 5.56 Å². The maximum atomic E-state index is 13.5. The first-order valence-corrected chi connectivity index (χ1v) is 10.4. The number of amides is 1. The van der Waals surface area contributed by atoms with Crippen LogP contribution in [0.5, 0.6) is 0 Å². The summed E-state index contributed by atoms with van der Waals surface area (Å²) in [7, 11) is 0. The second-order valence-electron chi connectivity index (χ2n) is 9.49. The molecule has 29 heavy (non-hydrogen) atoms. The molecule has 154 valence electrons. The van der Waals surface area contributed by atoms with Gasteiger partial charge in [-0.2, -0.15) is 0 Å². The molecular weight excluding hydrogens is 366 g/mol. The first kappa shape index (κ1) is 19.9. The van der Waals surface area contributed by atoms with Crippen molar-refractivity contribution in [2.75, 3.05) is 6.61 Å². The van der Waals surface area contributed by atoms with Gasteiger partial charge in [-0.1, -0.05) is 51.1 Å². The zero-order valence-corrected chi connectivity index (χ0v) is 17.4. The molecule has 0 radical (unpaired) electrons. The zero-order chi connectivity index (χ0) is 20.8. The average Bonchev–Trinajstić information content (AvgIpc) is 3.05. The third-order valence-corrected chi connectivity index (χ3v) is 6.75. The molecule has 2 fully saturated rings. The van der Waals surface area contributed by atoms with Crippen LogP contribution in [-0.2, 0) is 9.53 Å². The number of carboxylic acids is 1. The van der Waals surface area contributed by atoms with E-state index in [1.165, 1.54) is 4.90 Å². The third-order valence-electron chi connectivity index (χ3n) is 6.75. The Bertz CT molecular complexity index is 937. The van der Waals surface area contributed by atoms with Crippen molar-refractivity contribution in [1.82, 2.24) is 4.90 Å². The second kappa shape index (κ2) is 7.13. The van der Waals surface area contributed by atoms with Crippen molar-refractivity contribution >= 4 is 22.6 Å². The molecule has 2 aromatic rings. The lowest BCUT2D eigenvalue weighted by atomic mass is 9.70. The predicted molar refractivity (Wildman–Crippen MR) is 112 cm³/mol. The fourth-order valence-electron chi connectivity index (χ4n) is 4.95. The number of aliphatic carboxylic acids is 1. The van der Waals surface area contributed by atoms with Crippen LogP contribution in [0.3, 0.4) is 0 Å². The van der Waals surface area contributed by atoms with Gasteiger partial charge in [0.15, 0.2) is 6.04 Å². The molecule has 1 atom stereocenters. The molecule has 2 aliphatic rings. The van der Waals surface area contributed by atoms with Crippen LogP contribution in [0.25, 0.3) is 10.8 Å². The van der Waals surface area contributed by atoms with Gasteiger partial charge in [0.1, 0.15) is 5.72 Å². The SMILES string of the molecule is CC(C)(C)C1CCC2(CC1)OC[C@@H](C(=O)O)N2C(=O)c1ccc2ccccc2c1. The van der Waals surface area contributed by atoms with Gasteiger partial charge < -0.3 is 9.84 Å². The van der Waals surface area contributed by atoms with E-state index in [0.717, 1.165) is 23.6 Å². The fraction of sp³-hybridized carbons (Fsp3) is 0.500. The van der Waals surface area contributed by atoms with Gasteiger partial charge in [-0.15, -0.1) is 0 Å². The summed E-state index contributed by atoms with van der Waals surface area (Å²) in [6, 6.07) is 12.5. The van der Waals surface area contributed by atoms with E-state index in [1.807, 2.05) is 36.4 Å². The second-order valence-corrected chi connectivity index (χ2v) is 9.49. The Kier molecular flexibility index (Phi) is 4.89. The Morgan fingerprint density at radius 1 is 1.07 bits per heavy atom. The molecule has 5 nitrogen and oxygen atoms in total. The molecule has 1 aliphatic heterocycles. The van der Waals surface area contributed by atoms with Gasteiger partial charge in [0.05, 0.1) is 6.61 Å². The Balaban J connectivity index is 1.67. The van der Waals surface area contributed by atoms with Crippen molar-refractivity contribution in [3.63, 3.8) is 0 Å². The maximum Gasteiger partial charge on any atom is 0.328 e. The molecule has 4 rings (SSSR count). The van der Waals surface area contributed by atoms with Gasteiger partial charge >= 0.3 is 5.97 Å². The summed E-state index contributed by atoms with van der Waals surface area (Å²) in [6.07, 6.45) is 3.21. The van der Waals surface area contributed by atoms with Crippen LogP contribution in [-0.4, -0.2) is 40.3 Å². The highest BCUT2D eigenvalue weighted by Crippen LogP contribution is 2.47. The first-order chi connectivity index (χ1) is 13.7. The molecule has 1 saturated carbocycles. The fourth-order valence-corrected chi connectivity index (χ4v) is 4.95. The quantitative estimate of drug-likeness (QED) is 0.800. The number of benzene rings is 2. The van der Waals surface area contributed by atoms with Gasteiger partial charge in [-0.05, 0) is 59.9 Å². The van der Waals surface area contributed by atoms with E-state index in [0.29, 0.717) is 24.3 Å². The van der Waals surface area contributed by atoms with Crippen LogP contribution in [0.15, 0.2) is 42.5 Å². The van der Waals surface area contributed by atoms with E-state index in [2.05, 4.69) is 20.8 Å². The summed E-state index contributed by atoms with van der Waals surface area (Å²) in [6.45, 7) is 6.77. The predicted octanol–water partition coefficient (Wildman–Crippen LogP) is 4.70. The van der Waals surface area contributed by atoms with E-state index in [4.69, 9.17) is 4.74 Å². The molecule has 0 bridgehead atoms. The standard InChI is InChI=1S/C24H29NO4/c1-23(2,3)19-10-12-24(13-11-19)25(20(15-29-24)22(27)28)21(26)18-9-8-16-6-4-5-7-17(16)14-18/h4-9,14,19-20H,10-13,15H2,1-3H3,(H,27,28)/t19?,20-,24?/m0/s1. The minimum absolute atomic E-state index is 0.0504. The number of carboxylic acid groups (broad SMARTS) is 1. The first-order valence-electron chi connectivity index (χ1n) is 10.4. The lowest BCUT2D eigenvalue weighted by Crippen LogP contribution is -2.55. The Hall–Kier alpha value is -2.40. The molecule has 0 aromatic heterocycles. The molecule has 1 spiro atoms. The van der Waals surface area contributed by atoms with Crippen LogP contribution >= 0.6 is 0 Å².